The van der Waals surface area contributed by atoms with Crippen molar-refractivity contribution in [1.82, 2.24) is 9.80 Å². The van der Waals surface area contributed by atoms with Crippen LogP contribution in [-0.2, 0) is 6.42 Å². The molecule has 2 aromatic rings. The SMILES string of the molecule is Cc1cc(C)cc(C(=O)N2CCN(C3CC3)CC2Cc2ccccc2)c1. The molecule has 0 N–H and O–H groups in total. The molecule has 0 radical (unpaired) electrons. The second-order valence-electron chi connectivity index (χ2n) is 7.94. The van der Waals surface area contributed by atoms with Gasteiger partial charge >= 0.3 is 0 Å². The molecule has 2 aliphatic rings. The molecule has 136 valence electrons. The Balaban J connectivity index is 1.57. The average Bonchev–Trinajstić information content (AvgIpc) is 3.46. The van der Waals surface area contributed by atoms with Crippen LogP contribution in [-0.4, -0.2) is 47.4 Å². The monoisotopic (exact) mass is 348 g/mol. The maximum absolute atomic E-state index is 13.3. The number of amides is 1. The summed E-state index contributed by atoms with van der Waals surface area (Å²) >= 11 is 0. The molecule has 1 saturated heterocycles. The summed E-state index contributed by atoms with van der Waals surface area (Å²) < 4.78 is 0. The first-order chi connectivity index (χ1) is 12.6. The normalized spacial score (nSPS) is 21.0. The Hall–Kier alpha value is -2.13. The van der Waals surface area contributed by atoms with E-state index in [1.807, 2.05) is 12.1 Å². The van der Waals surface area contributed by atoms with Crippen LogP contribution in [0.3, 0.4) is 0 Å². The zero-order chi connectivity index (χ0) is 18.1. The van der Waals surface area contributed by atoms with Crippen LogP contribution in [0.5, 0.6) is 0 Å². The van der Waals surface area contributed by atoms with Gasteiger partial charge in [0.05, 0.1) is 0 Å². The summed E-state index contributed by atoms with van der Waals surface area (Å²) in [6, 6.07) is 17.8. The van der Waals surface area contributed by atoms with Gasteiger partial charge in [0.2, 0.25) is 0 Å². The molecule has 1 atom stereocenters. The fraction of sp³-hybridized carbons (Fsp3) is 0.435. The summed E-state index contributed by atoms with van der Waals surface area (Å²) in [6.45, 7) is 6.97. The van der Waals surface area contributed by atoms with Gasteiger partial charge in [-0.15, -0.1) is 0 Å². The maximum atomic E-state index is 13.3. The minimum Gasteiger partial charge on any atom is -0.333 e. The molecule has 3 nitrogen and oxygen atoms in total. The van der Waals surface area contributed by atoms with E-state index < -0.39 is 0 Å². The number of aryl methyl sites for hydroxylation is 2. The molecule has 1 saturated carbocycles. The van der Waals surface area contributed by atoms with Gasteiger partial charge in [0, 0.05) is 37.3 Å². The molecule has 0 aromatic heterocycles. The van der Waals surface area contributed by atoms with E-state index in [4.69, 9.17) is 0 Å². The van der Waals surface area contributed by atoms with E-state index in [2.05, 4.69) is 60.0 Å². The van der Waals surface area contributed by atoms with Crippen molar-refractivity contribution in [3.8, 4) is 0 Å². The zero-order valence-corrected chi connectivity index (χ0v) is 15.8. The average molecular weight is 348 g/mol. The Morgan fingerprint density at radius 2 is 1.69 bits per heavy atom. The molecule has 1 aliphatic carbocycles. The lowest BCUT2D eigenvalue weighted by Crippen LogP contribution is -2.56. The summed E-state index contributed by atoms with van der Waals surface area (Å²) in [5.74, 6) is 0.188. The molecule has 26 heavy (non-hydrogen) atoms. The number of carbonyl (C=O) groups is 1. The fourth-order valence-electron chi connectivity index (χ4n) is 4.24. The van der Waals surface area contributed by atoms with Crippen molar-refractivity contribution in [2.24, 2.45) is 0 Å². The van der Waals surface area contributed by atoms with E-state index in [0.29, 0.717) is 0 Å². The summed E-state index contributed by atoms with van der Waals surface area (Å²) in [7, 11) is 0. The number of rotatable bonds is 4. The van der Waals surface area contributed by atoms with Crippen molar-refractivity contribution >= 4 is 5.91 Å². The highest BCUT2D eigenvalue weighted by Gasteiger charge is 2.37. The van der Waals surface area contributed by atoms with Gasteiger partial charge in [0.1, 0.15) is 0 Å². The van der Waals surface area contributed by atoms with Gasteiger partial charge in [0.15, 0.2) is 0 Å². The van der Waals surface area contributed by atoms with E-state index in [1.165, 1.54) is 18.4 Å². The third kappa shape index (κ3) is 3.83. The Morgan fingerprint density at radius 1 is 1.00 bits per heavy atom. The number of hydrogen-bond acceptors (Lipinski definition) is 2. The minimum absolute atomic E-state index is 0.188. The smallest absolute Gasteiger partial charge is 0.254 e. The molecule has 1 heterocycles. The predicted octanol–water partition coefficient (Wildman–Crippen LogP) is 3.83. The summed E-state index contributed by atoms with van der Waals surface area (Å²) in [5.41, 5.74) is 4.46. The Morgan fingerprint density at radius 3 is 2.35 bits per heavy atom. The van der Waals surface area contributed by atoms with Crippen molar-refractivity contribution in [2.45, 2.75) is 45.2 Å². The van der Waals surface area contributed by atoms with Crippen molar-refractivity contribution < 1.29 is 4.79 Å². The van der Waals surface area contributed by atoms with Gasteiger partial charge in [0.25, 0.3) is 5.91 Å². The van der Waals surface area contributed by atoms with Crippen LogP contribution in [0.2, 0.25) is 0 Å². The van der Waals surface area contributed by atoms with Gasteiger partial charge in [-0.3, -0.25) is 9.69 Å². The number of hydrogen-bond donors (Lipinski definition) is 0. The van der Waals surface area contributed by atoms with Crippen LogP contribution < -0.4 is 0 Å². The lowest BCUT2D eigenvalue weighted by atomic mass is 9.99. The molecule has 1 unspecified atom stereocenters. The molecular formula is C23H28N2O. The highest BCUT2D eigenvalue weighted by molar-refractivity contribution is 5.95. The quantitative estimate of drug-likeness (QED) is 0.838. The first kappa shape index (κ1) is 17.3. The van der Waals surface area contributed by atoms with Gasteiger partial charge in [-0.05, 0) is 50.8 Å². The molecule has 0 bridgehead atoms. The second kappa shape index (κ2) is 7.24. The van der Waals surface area contributed by atoms with Crippen LogP contribution in [0, 0.1) is 13.8 Å². The highest BCUT2D eigenvalue weighted by Crippen LogP contribution is 2.30. The molecule has 1 amide bonds. The second-order valence-corrected chi connectivity index (χ2v) is 7.94. The molecule has 2 fully saturated rings. The number of nitrogens with zero attached hydrogens (tertiary/aromatic N) is 2. The van der Waals surface area contributed by atoms with Gasteiger partial charge in [-0.1, -0.05) is 47.5 Å². The standard InChI is InChI=1S/C23H28N2O/c1-17-12-18(2)14-20(13-17)23(26)25-11-10-24(21-8-9-21)16-22(25)15-19-6-4-3-5-7-19/h3-7,12-14,21-22H,8-11,15-16H2,1-2H3. The largest absolute Gasteiger partial charge is 0.333 e. The molecule has 4 rings (SSSR count). The fourth-order valence-corrected chi connectivity index (χ4v) is 4.24. The van der Waals surface area contributed by atoms with Crippen LogP contribution in [0.4, 0.5) is 0 Å². The number of carbonyl (C=O) groups excluding carboxylic acids is 1. The van der Waals surface area contributed by atoms with E-state index >= 15 is 0 Å². The van der Waals surface area contributed by atoms with E-state index in [-0.39, 0.29) is 11.9 Å². The Bertz CT molecular complexity index is 762. The van der Waals surface area contributed by atoms with Gasteiger partial charge < -0.3 is 4.90 Å². The molecule has 1 aliphatic heterocycles. The third-order valence-corrected chi connectivity index (χ3v) is 5.62. The molecular weight excluding hydrogens is 320 g/mol. The van der Waals surface area contributed by atoms with Crippen LogP contribution in [0.1, 0.15) is 39.9 Å². The molecule has 2 aromatic carbocycles. The number of piperazine rings is 1. The third-order valence-electron chi connectivity index (χ3n) is 5.62. The summed E-state index contributed by atoms with van der Waals surface area (Å²) in [6.07, 6.45) is 3.58. The summed E-state index contributed by atoms with van der Waals surface area (Å²) in [4.78, 5) is 18.0. The minimum atomic E-state index is 0.188. The van der Waals surface area contributed by atoms with Crippen LogP contribution >= 0.6 is 0 Å². The predicted molar refractivity (Wildman–Crippen MR) is 105 cm³/mol. The van der Waals surface area contributed by atoms with Gasteiger partial charge in [-0.25, -0.2) is 0 Å². The molecule has 0 spiro atoms. The van der Waals surface area contributed by atoms with Crippen LogP contribution in [0.15, 0.2) is 48.5 Å². The van der Waals surface area contributed by atoms with E-state index in [1.54, 1.807) is 0 Å². The van der Waals surface area contributed by atoms with Crippen molar-refractivity contribution in [3.63, 3.8) is 0 Å². The Kier molecular flexibility index (Phi) is 4.82. The zero-order valence-electron chi connectivity index (χ0n) is 15.8. The van der Waals surface area contributed by atoms with Gasteiger partial charge in [-0.2, -0.15) is 0 Å². The van der Waals surface area contributed by atoms with Crippen molar-refractivity contribution in [2.75, 3.05) is 19.6 Å². The van der Waals surface area contributed by atoms with Crippen molar-refractivity contribution in [3.05, 3.63) is 70.8 Å². The summed E-state index contributed by atoms with van der Waals surface area (Å²) in [5, 5.41) is 0. The Labute approximate surface area is 156 Å². The first-order valence-electron chi connectivity index (χ1n) is 9.77. The maximum Gasteiger partial charge on any atom is 0.254 e. The first-order valence-corrected chi connectivity index (χ1v) is 9.77. The van der Waals surface area contributed by atoms with Crippen molar-refractivity contribution in [1.29, 1.82) is 0 Å². The van der Waals surface area contributed by atoms with Crippen LogP contribution in [0.25, 0.3) is 0 Å². The van der Waals surface area contributed by atoms with E-state index in [0.717, 1.165) is 48.8 Å². The highest BCUT2D eigenvalue weighted by atomic mass is 16.2. The molecule has 3 heteroatoms. The number of benzene rings is 2. The topological polar surface area (TPSA) is 23.6 Å². The van der Waals surface area contributed by atoms with E-state index in [9.17, 15) is 4.79 Å². The lowest BCUT2D eigenvalue weighted by Gasteiger charge is -2.42. The lowest BCUT2D eigenvalue weighted by molar-refractivity contribution is 0.0437.